The minimum Gasteiger partial charge on any atom is -0.434 e. The number of nitrogens with zero attached hydrogens (tertiary/aromatic N) is 1. The molecule has 148 valence electrons. The first kappa shape index (κ1) is 18.4. The van der Waals surface area contributed by atoms with Gasteiger partial charge in [-0.05, 0) is 24.0 Å². The Hall–Kier alpha value is -2.94. The Kier molecular flexibility index (Phi) is 4.54. The number of carbonyl (C=O) groups is 4. The van der Waals surface area contributed by atoms with Crippen LogP contribution >= 0.6 is 0 Å². The van der Waals surface area contributed by atoms with Crippen molar-refractivity contribution in [2.24, 2.45) is 0 Å². The van der Waals surface area contributed by atoms with Gasteiger partial charge in [-0.1, -0.05) is 18.2 Å². The highest BCUT2D eigenvalue weighted by atomic mass is 16.6. The van der Waals surface area contributed by atoms with Crippen LogP contribution in [0.5, 0.6) is 0 Å². The van der Waals surface area contributed by atoms with Crippen LogP contribution in [0, 0.1) is 0 Å². The van der Waals surface area contributed by atoms with Crippen molar-refractivity contribution in [3.63, 3.8) is 0 Å². The molecule has 9 heteroatoms. The zero-order valence-corrected chi connectivity index (χ0v) is 15.3. The first-order valence-corrected chi connectivity index (χ1v) is 9.24. The van der Waals surface area contributed by atoms with Crippen molar-refractivity contribution in [1.29, 1.82) is 0 Å². The van der Waals surface area contributed by atoms with Crippen LogP contribution in [0.25, 0.3) is 0 Å². The maximum absolute atomic E-state index is 13.2. The molecule has 1 aromatic carbocycles. The second-order valence-electron chi connectivity index (χ2n) is 7.34. The maximum Gasteiger partial charge on any atom is 0.310 e. The molecule has 0 bridgehead atoms. The average Bonchev–Trinajstić information content (AvgIpc) is 3.13. The molecule has 0 saturated carbocycles. The highest BCUT2D eigenvalue weighted by Crippen LogP contribution is 2.39. The molecule has 1 fully saturated rings. The van der Waals surface area contributed by atoms with E-state index in [2.05, 4.69) is 15.4 Å². The van der Waals surface area contributed by atoms with E-state index in [4.69, 9.17) is 0 Å². The molecule has 3 amide bonds. The molecule has 1 saturated heterocycles. The lowest BCUT2D eigenvalue weighted by molar-refractivity contribution is -0.155. The van der Waals surface area contributed by atoms with Crippen molar-refractivity contribution in [2.45, 2.75) is 57.0 Å². The summed E-state index contributed by atoms with van der Waals surface area (Å²) in [6.07, 6.45) is -0.147. The van der Waals surface area contributed by atoms with Crippen molar-refractivity contribution in [3.8, 4) is 0 Å². The number of rotatable bonds is 3. The van der Waals surface area contributed by atoms with Gasteiger partial charge in [0.1, 0.15) is 18.1 Å². The molecule has 3 heterocycles. The fourth-order valence-electron chi connectivity index (χ4n) is 4.17. The first-order chi connectivity index (χ1) is 13.3. The number of hydrogen-bond acceptors (Lipinski definition) is 6. The second-order valence-corrected chi connectivity index (χ2v) is 7.34. The van der Waals surface area contributed by atoms with E-state index in [1.807, 2.05) is 18.2 Å². The van der Waals surface area contributed by atoms with E-state index < -0.39 is 36.3 Å². The number of amides is 3. The van der Waals surface area contributed by atoms with Gasteiger partial charge in [0.2, 0.25) is 24.0 Å². The van der Waals surface area contributed by atoms with Crippen LogP contribution in [0.15, 0.2) is 18.2 Å². The monoisotopic (exact) mass is 387 g/mol. The normalized spacial score (nSPS) is 28.4. The summed E-state index contributed by atoms with van der Waals surface area (Å²) in [6.45, 7) is 1.35. The molecular weight excluding hydrogens is 366 g/mol. The lowest BCUT2D eigenvalue weighted by atomic mass is 10.0. The molecular formula is C19H21N3O6. The van der Waals surface area contributed by atoms with Gasteiger partial charge in [0.15, 0.2) is 0 Å². The van der Waals surface area contributed by atoms with Crippen molar-refractivity contribution in [1.82, 2.24) is 10.6 Å². The van der Waals surface area contributed by atoms with Gasteiger partial charge in [0.05, 0.1) is 12.1 Å². The number of aryl methyl sites for hydroxylation is 1. The van der Waals surface area contributed by atoms with Crippen molar-refractivity contribution >= 4 is 29.4 Å². The molecule has 0 radical (unpaired) electrons. The Morgan fingerprint density at radius 2 is 1.93 bits per heavy atom. The fraction of sp³-hybridized carbons (Fsp3) is 0.474. The van der Waals surface area contributed by atoms with Crippen LogP contribution in [0.3, 0.4) is 0 Å². The van der Waals surface area contributed by atoms with Gasteiger partial charge in [-0.25, -0.2) is 0 Å². The Morgan fingerprint density at radius 3 is 2.61 bits per heavy atom. The Balaban J connectivity index is 1.63. The number of anilines is 1. The van der Waals surface area contributed by atoms with Gasteiger partial charge in [-0.2, -0.15) is 0 Å². The molecule has 1 unspecified atom stereocenters. The molecule has 0 aliphatic carbocycles. The minimum atomic E-state index is -1.40. The van der Waals surface area contributed by atoms with Crippen LogP contribution in [0.2, 0.25) is 0 Å². The van der Waals surface area contributed by atoms with E-state index >= 15 is 0 Å². The summed E-state index contributed by atoms with van der Waals surface area (Å²) in [5, 5.41) is 15.1. The molecule has 9 nitrogen and oxygen atoms in total. The fourth-order valence-corrected chi connectivity index (χ4v) is 4.17. The van der Waals surface area contributed by atoms with E-state index in [0.717, 1.165) is 16.8 Å². The lowest BCUT2D eigenvalue weighted by Crippen LogP contribution is -2.56. The molecule has 0 spiro atoms. The van der Waals surface area contributed by atoms with Crippen LogP contribution in [-0.4, -0.2) is 53.2 Å². The Morgan fingerprint density at radius 1 is 1.18 bits per heavy atom. The lowest BCUT2D eigenvalue weighted by Gasteiger charge is -2.28. The number of aliphatic hydroxyl groups is 1. The zero-order chi connectivity index (χ0) is 20.0. The molecule has 0 aromatic heterocycles. The summed E-state index contributed by atoms with van der Waals surface area (Å²) in [4.78, 5) is 50.4. The third-order valence-electron chi connectivity index (χ3n) is 5.40. The number of esters is 1. The van der Waals surface area contributed by atoms with Crippen LogP contribution in [0.4, 0.5) is 5.69 Å². The number of carbonyl (C=O) groups excluding carboxylic acids is 4. The van der Waals surface area contributed by atoms with E-state index in [-0.39, 0.29) is 18.2 Å². The predicted octanol–water partition coefficient (Wildman–Crippen LogP) is -0.855. The van der Waals surface area contributed by atoms with Crippen molar-refractivity contribution < 1.29 is 29.0 Å². The summed E-state index contributed by atoms with van der Waals surface area (Å²) in [6, 6.07) is 3.30. The predicted molar refractivity (Wildman–Crippen MR) is 96.0 cm³/mol. The average molecular weight is 387 g/mol. The van der Waals surface area contributed by atoms with E-state index in [9.17, 15) is 24.3 Å². The Bertz CT molecular complexity index is 869. The van der Waals surface area contributed by atoms with Gasteiger partial charge in [0.25, 0.3) is 0 Å². The third-order valence-corrected chi connectivity index (χ3v) is 5.40. The van der Waals surface area contributed by atoms with Gasteiger partial charge in [0, 0.05) is 13.3 Å². The summed E-state index contributed by atoms with van der Waals surface area (Å²) >= 11 is 0. The van der Waals surface area contributed by atoms with Gasteiger partial charge >= 0.3 is 5.97 Å². The van der Waals surface area contributed by atoms with E-state index in [1.54, 1.807) is 0 Å². The molecule has 4 rings (SSSR count). The highest BCUT2D eigenvalue weighted by molar-refractivity contribution is 6.07. The number of benzene rings is 1. The standard InChI is InChI=1S/C19H21N3O6/c1-9(23)20-12-6-5-10-3-2-4-11-7-14(22(16(10)11)18(12)26)17(25)21-13-8-15(24)28-19(13)27/h2-4,12-14,19,27H,5-8H2,1H3,(H,20,23)(H,21,25)/t12-,13-,14-,19?/m0/s1. The molecule has 3 aliphatic rings. The molecule has 4 atom stereocenters. The van der Waals surface area contributed by atoms with Gasteiger partial charge < -0.3 is 20.5 Å². The van der Waals surface area contributed by atoms with Crippen molar-refractivity contribution in [3.05, 3.63) is 29.3 Å². The molecule has 28 heavy (non-hydrogen) atoms. The largest absolute Gasteiger partial charge is 0.434 e. The molecule has 3 aliphatic heterocycles. The van der Waals surface area contributed by atoms with E-state index in [1.165, 1.54) is 11.8 Å². The summed E-state index contributed by atoms with van der Waals surface area (Å²) in [7, 11) is 0. The summed E-state index contributed by atoms with van der Waals surface area (Å²) < 4.78 is 4.66. The SMILES string of the molecule is CC(=O)N[C@H]1CCc2cccc3c2N(C1=O)[C@H](C(=O)N[C@H]1CC(=O)OC1O)C3. The van der Waals surface area contributed by atoms with Crippen molar-refractivity contribution in [2.75, 3.05) is 4.90 Å². The summed E-state index contributed by atoms with van der Waals surface area (Å²) in [5.74, 6) is -1.71. The Labute approximate surface area is 161 Å². The number of para-hydroxylation sites is 1. The van der Waals surface area contributed by atoms with Crippen LogP contribution in [0.1, 0.15) is 30.9 Å². The maximum atomic E-state index is 13.2. The number of cyclic esters (lactones) is 1. The topological polar surface area (TPSA) is 125 Å². The summed E-state index contributed by atoms with van der Waals surface area (Å²) in [5.41, 5.74) is 2.56. The highest BCUT2D eigenvalue weighted by Gasteiger charge is 2.45. The number of hydrogen-bond donors (Lipinski definition) is 3. The number of nitrogens with one attached hydrogen (secondary N) is 2. The van der Waals surface area contributed by atoms with Gasteiger partial charge in [-0.15, -0.1) is 0 Å². The molecule has 3 N–H and O–H groups in total. The number of aliphatic hydroxyl groups excluding tert-OH is 1. The van der Waals surface area contributed by atoms with E-state index in [0.29, 0.717) is 19.3 Å². The second kappa shape index (κ2) is 6.90. The number of ether oxygens (including phenoxy) is 1. The molecule has 1 aromatic rings. The van der Waals surface area contributed by atoms with Crippen LogP contribution < -0.4 is 15.5 Å². The smallest absolute Gasteiger partial charge is 0.310 e. The van der Waals surface area contributed by atoms with Gasteiger partial charge in [-0.3, -0.25) is 24.1 Å². The minimum absolute atomic E-state index is 0.125. The zero-order valence-electron chi connectivity index (χ0n) is 15.3. The third kappa shape index (κ3) is 3.11. The first-order valence-electron chi connectivity index (χ1n) is 9.24. The van der Waals surface area contributed by atoms with Crippen LogP contribution in [-0.2, 0) is 36.8 Å². The quantitative estimate of drug-likeness (QED) is 0.580.